The number of carbonyl (C=O) groups excluding carboxylic acids is 2. The molecular formula is C26H31N3O3. The van der Waals surface area contributed by atoms with Gasteiger partial charge >= 0.3 is 0 Å². The molecule has 2 amide bonds. The van der Waals surface area contributed by atoms with Crippen LogP contribution in [-0.4, -0.2) is 28.0 Å². The lowest BCUT2D eigenvalue weighted by molar-refractivity contribution is -0.127. The zero-order valence-electron chi connectivity index (χ0n) is 18.9. The Morgan fingerprint density at radius 1 is 1.12 bits per heavy atom. The maximum absolute atomic E-state index is 13.8. The summed E-state index contributed by atoms with van der Waals surface area (Å²) >= 11 is 0. The Labute approximate surface area is 188 Å². The molecule has 1 aliphatic heterocycles. The maximum atomic E-state index is 13.8. The zero-order chi connectivity index (χ0) is 22.3. The second-order valence-corrected chi connectivity index (χ2v) is 9.38. The molecule has 1 fully saturated rings. The van der Waals surface area contributed by atoms with Gasteiger partial charge in [-0.3, -0.25) is 14.5 Å². The number of anilines is 1. The highest BCUT2D eigenvalue weighted by atomic mass is 16.3. The summed E-state index contributed by atoms with van der Waals surface area (Å²) in [5, 5.41) is 3.31. The van der Waals surface area contributed by atoms with Gasteiger partial charge in [-0.25, -0.2) is 0 Å². The first kappa shape index (κ1) is 20.9. The average molecular weight is 434 g/mol. The van der Waals surface area contributed by atoms with Crippen molar-refractivity contribution in [1.82, 2.24) is 9.88 Å². The van der Waals surface area contributed by atoms with Gasteiger partial charge in [0.1, 0.15) is 11.2 Å². The first-order valence-corrected chi connectivity index (χ1v) is 11.8. The van der Waals surface area contributed by atoms with Gasteiger partial charge in [0.05, 0.1) is 18.3 Å². The molecule has 1 atom stereocenters. The molecule has 168 valence electrons. The molecule has 2 aliphatic rings. The number of carbonyl (C=O) groups is 2. The molecule has 1 N–H and O–H groups in total. The van der Waals surface area contributed by atoms with Crippen molar-refractivity contribution in [1.29, 1.82) is 0 Å². The lowest BCUT2D eigenvalue weighted by Crippen LogP contribution is -2.65. The average Bonchev–Trinajstić information content (AvgIpc) is 3.29. The lowest BCUT2D eigenvalue weighted by atomic mass is 9.92. The summed E-state index contributed by atoms with van der Waals surface area (Å²) in [5.74, 6) is -0.265. The van der Waals surface area contributed by atoms with E-state index in [4.69, 9.17) is 4.42 Å². The molecule has 32 heavy (non-hydrogen) atoms. The Bertz CT molecular complexity index is 1130. The van der Waals surface area contributed by atoms with E-state index < -0.39 is 5.54 Å². The molecule has 0 bridgehead atoms. The van der Waals surface area contributed by atoms with Gasteiger partial charge in [0.2, 0.25) is 5.91 Å². The number of nitrogens with one attached hydrogen (secondary N) is 1. The van der Waals surface area contributed by atoms with E-state index in [0.29, 0.717) is 17.8 Å². The molecule has 6 heteroatoms. The van der Waals surface area contributed by atoms with Crippen LogP contribution < -0.4 is 10.2 Å². The van der Waals surface area contributed by atoms with Gasteiger partial charge in [0, 0.05) is 23.9 Å². The number of rotatable bonds is 4. The summed E-state index contributed by atoms with van der Waals surface area (Å²) in [6.07, 6.45) is 9.28. The molecule has 0 radical (unpaired) electrons. The molecule has 5 rings (SSSR count). The summed E-state index contributed by atoms with van der Waals surface area (Å²) < 4.78 is 7.50. The van der Waals surface area contributed by atoms with Crippen molar-refractivity contribution in [2.24, 2.45) is 0 Å². The highest BCUT2D eigenvalue weighted by molar-refractivity contribution is 6.13. The molecule has 0 saturated heterocycles. The van der Waals surface area contributed by atoms with Crippen LogP contribution in [0.3, 0.4) is 0 Å². The third-order valence-corrected chi connectivity index (χ3v) is 7.19. The molecule has 6 nitrogen and oxygen atoms in total. The fourth-order valence-electron chi connectivity index (χ4n) is 5.26. The molecule has 3 heterocycles. The van der Waals surface area contributed by atoms with Crippen molar-refractivity contribution in [2.45, 2.75) is 76.9 Å². The van der Waals surface area contributed by atoms with Crippen LogP contribution in [0, 0.1) is 0 Å². The zero-order valence-corrected chi connectivity index (χ0v) is 18.9. The minimum absolute atomic E-state index is 0.0895. The second-order valence-electron chi connectivity index (χ2n) is 9.38. The van der Waals surface area contributed by atoms with Gasteiger partial charge in [-0.05, 0) is 43.9 Å². The Morgan fingerprint density at radius 2 is 1.84 bits per heavy atom. The number of furan rings is 1. The van der Waals surface area contributed by atoms with Gasteiger partial charge < -0.3 is 14.3 Å². The predicted molar refractivity (Wildman–Crippen MR) is 125 cm³/mol. The van der Waals surface area contributed by atoms with Crippen LogP contribution in [0.1, 0.15) is 68.4 Å². The van der Waals surface area contributed by atoms with Crippen LogP contribution in [0.4, 0.5) is 5.69 Å². The molecule has 2 aromatic heterocycles. The van der Waals surface area contributed by atoms with Crippen LogP contribution in [0.25, 0.3) is 11.1 Å². The third kappa shape index (κ3) is 3.42. The SMILES string of the molecule is CCc1ccc(N2C(=O)c3cc4occc4n3C[C@@]2(C)C(=O)NC2CCCCCC2)cc1. The van der Waals surface area contributed by atoms with Crippen molar-refractivity contribution >= 4 is 28.6 Å². The summed E-state index contributed by atoms with van der Waals surface area (Å²) in [6, 6.07) is 11.8. The fraction of sp³-hybridized carbons (Fsp3) is 0.462. The fourth-order valence-corrected chi connectivity index (χ4v) is 5.26. The van der Waals surface area contributed by atoms with Gasteiger partial charge in [0.15, 0.2) is 5.58 Å². The molecule has 0 unspecified atom stereocenters. The Balaban J connectivity index is 1.56. The highest BCUT2D eigenvalue weighted by Gasteiger charge is 2.49. The maximum Gasteiger partial charge on any atom is 0.276 e. The smallest absolute Gasteiger partial charge is 0.276 e. The summed E-state index contributed by atoms with van der Waals surface area (Å²) in [4.78, 5) is 29.3. The monoisotopic (exact) mass is 433 g/mol. The van der Waals surface area contributed by atoms with Gasteiger partial charge in [0.25, 0.3) is 5.91 Å². The number of hydrogen-bond acceptors (Lipinski definition) is 3. The van der Waals surface area contributed by atoms with Crippen molar-refractivity contribution in [3.05, 3.63) is 53.9 Å². The summed E-state index contributed by atoms with van der Waals surface area (Å²) in [6.45, 7) is 4.37. The van der Waals surface area contributed by atoms with Gasteiger partial charge in [-0.1, -0.05) is 44.7 Å². The van der Waals surface area contributed by atoms with E-state index in [2.05, 4.69) is 12.2 Å². The van der Waals surface area contributed by atoms with Crippen LogP contribution in [-0.2, 0) is 17.8 Å². The minimum Gasteiger partial charge on any atom is -0.463 e. The molecule has 3 aromatic rings. The van der Waals surface area contributed by atoms with E-state index in [-0.39, 0.29) is 17.9 Å². The second kappa shape index (κ2) is 8.15. The number of benzene rings is 1. The van der Waals surface area contributed by atoms with Crippen LogP contribution >= 0.6 is 0 Å². The third-order valence-electron chi connectivity index (χ3n) is 7.19. The van der Waals surface area contributed by atoms with Crippen molar-refractivity contribution in [2.75, 3.05) is 4.90 Å². The summed E-state index contributed by atoms with van der Waals surface area (Å²) in [5.41, 5.74) is 2.97. The van der Waals surface area contributed by atoms with Crippen LogP contribution in [0.15, 0.2) is 47.1 Å². The van der Waals surface area contributed by atoms with Crippen LogP contribution in [0.2, 0.25) is 0 Å². The number of hydrogen-bond donors (Lipinski definition) is 1. The van der Waals surface area contributed by atoms with E-state index in [9.17, 15) is 9.59 Å². The number of amides is 2. The van der Waals surface area contributed by atoms with E-state index >= 15 is 0 Å². The first-order valence-electron chi connectivity index (χ1n) is 11.8. The molecule has 1 saturated carbocycles. The predicted octanol–water partition coefficient (Wildman–Crippen LogP) is 5.05. The van der Waals surface area contributed by atoms with E-state index in [1.165, 1.54) is 18.4 Å². The van der Waals surface area contributed by atoms with Gasteiger partial charge in [-0.15, -0.1) is 0 Å². The largest absolute Gasteiger partial charge is 0.463 e. The highest BCUT2D eigenvalue weighted by Crippen LogP contribution is 2.36. The first-order chi connectivity index (χ1) is 15.5. The Kier molecular flexibility index (Phi) is 5.31. The quantitative estimate of drug-likeness (QED) is 0.585. The van der Waals surface area contributed by atoms with Crippen molar-refractivity contribution in [3.8, 4) is 0 Å². The van der Waals surface area contributed by atoms with E-state index in [0.717, 1.165) is 43.3 Å². The Morgan fingerprint density at radius 3 is 2.53 bits per heavy atom. The van der Waals surface area contributed by atoms with Crippen molar-refractivity contribution < 1.29 is 14.0 Å². The normalized spacial score (nSPS) is 22.1. The number of nitrogens with zero attached hydrogens (tertiary/aromatic N) is 2. The Hall–Kier alpha value is -3.02. The van der Waals surface area contributed by atoms with Crippen LogP contribution in [0.5, 0.6) is 0 Å². The molecule has 1 aromatic carbocycles. The number of aromatic nitrogens is 1. The van der Waals surface area contributed by atoms with E-state index in [1.54, 1.807) is 17.2 Å². The summed E-state index contributed by atoms with van der Waals surface area (Å²) in [7, 11) is 0. The van der Waals surface area contributed by atoms with Gasteiger partial charge in [-0.2, -0.15) is 0 Å². The molecule has 0 spiro atoms. The number of fused-ring (bicyclic) bond motifs is 3. The van der Waals surface area contributed by atoms with Crippen molar-refractivity contribution in [3.63, 3.8) is 0 Å². The standard InChI is InChI=1S/C26H31N3O3/c1-3-18-10-12-20(13-11-18)29-24(30)22-16-23-21(14-15-32-23)28(22)17-26(29,2)25(31)27-19-8-6-4-5-7-9-19/h10-16,19H,3-9,17H2,1-2H3,(H,27,31)/t26-/m0/s1. The number of aryl methyl sites for hydroxylation is 1. The minimum atomic E-state index is -1.05. The van der Waals surface area contributed by atoms with E-state index in [1.807, 2.05) is 41.8 Å². The molecule has 1 aliphatic carbocycles. The topological polar surface area (TPSA) is 67.5 Å². The lowest BCUT2D eigenvalue weighted by Gasteiger charge is -2.44. The molecular weight excluding hydrogens is 402 g/mol.